The predicted octanol–water partition coefficient (Wildman–Crippen LogP) is 4.82. The summed E-state index contributed by atoms with van der Waals surface area (Å²) < 4.78 is 49.6. The number of rotatable bonds is 15. The standard InChI is InChI=1S/C23H32FNO5S/c1-5-9-11-19(8-4)17-30-23(26)12-13-31(27,28)22-15-20(14-21(24)25-22)29-16-18(7-3)10-6-2/h6-7,10,14-15,19H,2-3,5,8-9,11-13,16-17H2,1,4H3/b18-10+. The van der Waals surface area contributed by atoms with Crippen LogP contribution < -0.4 is 4.74 Å². The van der Waals surface area contributed by atoms with E-state index in [0.717, 1.165) is 37.8 Å². The van der Waals surface area contributed by atoms with Gasteiger partial charge in [0.05, 0.1) is 18.8 Å². The van der Waals surface area contributed by atoms with Crippen molar-refractivity contribution in [1.29, 1.82) is 0 Å². The zero-order valence-corrected chi connectivity index (χ0v) is 19.1. The molecule has 1 aromatic rings. The maximum absolute atomic E-state index is 13.9. The molecule has 0 aliphatic rings. The fraction of sp³-hybridized carbons (Fsp3) is 0.478. The van der Waals surface area contributed by atoms with E-state index in [-0.39, 0.29) is 31.3 Å². The second kappa shape index (κ2) is 13.7. The quantitative estimate of drug-likeness (QED) is 0.215. The maximum atomic E-state index is 13.9. The third-order valence-electron chi connectivity index (χ3n) is 4.66. The van der Waals surface area contributed by atoms with E-state index in [4.69, 9.17) is 9.47 Å². The maximum Gasteiger partial charge on any atom is 0.306 e. The molecule has 0 aliphatic heterocycles. The molecule has 0 aliphatic carbocycles. The lowest BCUT2D eigenvalue weighted by Gasteiger charge is -2.14. The van der Waals surface area contributed by atoms with Gasteiger partial charge in [0.2, 0.25) is 5.95 Å². The van der Waals surface area contributed by atoms with Gasteiger partial charge < -0.3 is 9.47 Å². The Morgan fingerprint density at radius 3 is 2.65 bits per heavy atom. The van der Waals surface area contributed by atoms with Gasteiger partial charge in [0.1, 0.15) is 12.4 Å². The number of aromatic nitrogens is 1. The van der Waals surface area contributed by atoms with Crippen molar-refractivity contribution in [2.45, 2.75) is 51.0 Å². The van der Waals surface area contributed by atoms with Gasteiger partial charge in [-0.1, -0.05) is 64.5 Å². The van der Waals surface area contributed by atoms with Gasteiger partial charge in [0, 0.05) is 12.1 Å². The molecule has 0 saturated heterocycles. The highest BCUT2D eigenvalue weighted by Crippen LogP contribution is 2.20. The number of carbonyl (C=O) groups is 1. The number of hydrogen-bond donors (Lipinski definition) is 0. The molecule has 172 valence electrons. The van der Waals surface area contributed by atoms with Crippen LogP contribution in [0.15, 0.2) is 54.1 Å². The molecule has 1 rings (SSSR count). The van der Waals surface area contributed by atoms with Crippen LogP contribution in [0.25, 0.3) is 0 Å². The Bertz CT molecular complexity index is 880. The minimum absolute atomic E-state index is 0.00664. The number of sulfone groups is 1. The van der Waals surface area contributed by atoms with E-state index >= 15 is 0 Å². The first-order chi connectivity index (χ1) is 14.7. The second-order valence-corrected chi connectivity index (χ2v) is 9.16. The number of esters is 1. The minimum Gasteiger partial charge on any atom is -0.489 e. The average Bonchev–Trinajstić information content (AvgIpc) is 2.75. The van der Waals surface area contributed by atoms with Gasteiger partial charge in [-0.3, -0.25) is 4.79 Å². The van der Waals surface area contributed by atoms with Gasteiger partial charge in [-0.2, -0.15) is 4.39 Å². The Hall–Kier alpha value is -2.48. The fourth-order valence-corrected chi connectivity index (χ4v) is 3.86. The number of pyridine rings is 1. The lowest BCUT2D eigenvalue weighted by atomic mass is 10.0. The highest BCUT2D eigenvalue weighted by molar-refractivity contribution is 7.91. The summed E-state index contributed by atoms with van der Waals surface area (Å²) in [5, 5.41) is -0.488. The number of ether oxygens (including phenoxy) is 2. The van der Waals surface area contributed by atoms with E-state index < -0.39 is 32.5 Å². The second-order valence-electron chi connectivity index (χ2n) is 7.10. The Kier molecular flexibility index (Phi) is 11.8. The lowest BCUT2D eigenvalue weighted by Crippen LogP contribution is -2.18. The summed E-state index contributed by atoms with van der Waals surface area (Å²) in [4.78, 5) is 15.4. The number of halogens is 1. The summed E-state index contributed by atoms with van der Waals surface area (Å²) >= 11 is 0. The van der Waals surface area contributed by atoms with Gasteiger partial charge in [0.15, 0.2) is 14.9 Å². The largest absolute Gasteiger partial charge is 0.489 e. The van der Waals surface area contributed by atoms with Crippen molar-refractivity contribution in [1.82, 2.24) is 4.98 Å². The number of carbonyl (C=O) groups excluding carboxylic acids is 1. The highest BCUT2D eigenvalue weighted by atomic mass is 32.2. The smallest absolute Gasteiger partial charge is 0.306 e. The summed E-state index contributed by atoms with van der Waals surface area (Å²) in [7, 11) is -4.00. The summed E-state index contributed by atoms with van der Waals surface area (Å²) in [5.41, 5.74) is 0.684. The van der Waals surface area contributed by atoms with Gasteiger partial charge in [-0.25, -0.2) is 13.4 Å². The molecular weight excluding hydrogens is 421 g/mol. The fourth-order valence-electron chi connectivity index (χ4n) is 2.69. The van der Waals surface area contributed by atoms with Gasteiger partial charge >= 0.3 is 5.97 Å². The minimum atomic E-state index is -4.00. The van der Waals surface area contributed by atoms with Gasteiger partial charge in [-0.05, 0) is 17.9 Å². The summed E-state index contributed by atoms with van der Waals surface area (Å²) in [6, 6.07) is 2.12. The predicted molar refractivity (Wildman–Crippen MR) is 119 cm³/mol. The molecule has 31 heavy (non-hydrogen) atoms. The number of nitrogens with zero attached hydrogens (tertiary/aromatic N) is 1. The molecule has 0 amide bonds. The SMILES string of the molecule is C=C/C=C(\C=C)COc1cc(F)nc(S(=O)(=O)CCC(=O)OCC(CC)CCCC)c1. The van der Waals surface area contributed by atoms with Crippen LogP contribution in [0.3, 0.4) is 0 Å². The molecular formula is C23H32FNO5S. The first-order valence-electron chi connectivity index (χ1n) is 10.4. The molecule has 0 saturated carbocycles. The molecule has 0 aromatic carbocycles. The molecule has 1 aromatic heterocycles. The van der Waals surface area contributed by atoms with E-state index in [0.29, 0.717) is 5.57 Å². The Morgan fingerprint density at radius 1 is 1.29 bits per heavy atom. The first-order valence-corrected chi connectivity index (χ1v) is 12.0. The van der Waals surface area contributed by atoms with Crippen LogP contribution in [0.5, 0.6) is 5.75 Å². The molecule has 1 unspecified atom stereocenters. The molecule has 0 bridgehead atoms. The first kappa shape index (κ1) is 26.6. The van der Waals surface area contributed by atoms with E-state index in [2.05, 4.69) is 25.1 Å². The van der Waals surface area contributed by atoms with E-state index in [1.807, 2.05) is 6.92 Å². The van der Waals surface area contributed by atoms with Gasteiger partial charge in [-0.15, -0.1) is 0 Å². The van der Waals surface area contributed by atoms with Crippen molar-refractivity contribution < 1.29 is 27.1 Å². The van der Waals surface area contributed by atoms with E-state index in [1.54, 1.807) is 18.2 Å². The third kappa shape index (κ3) is 9.91. The van der Waals surface area contributed by atoms with Crippen LogP contribution >= 0.6 is 0 Å². The Labute approximate surface area is 184 Å². The van der Waals surface area contributed by atoms with Crippen LogP contribution in [0, 0.1) is 11.9 Å². The van der Waals surface area contributed by atoms with Crippen molar-refractivity contribution in [3.05, 3.63) is 55.0 Å². The summed E-state index contributed by atoms with van der Waals surface area (Å²) in [5.74, 6) is -1.85. The normalized spacial score (nSPS) is 12.8. The van der Waals surface area contributed by atoms with Crippen molar-refractivity contribution in [3.63, 3.8) is 0 Å². The third-order valence-corrected chi connectivity index (χ3v) is 6.25. The molecule has 8 heteroatoms. The van der Waals surface area contributed by atoms with Crippen LogP contribution in [0.1, 0.15) is 46.0 Å². The monoisotopic (exact) mass is 453 g/mol. The van der Waals surface area contributed by atoms with Crippen molar-refractivity contribution >= 4 is 15.8 Å². The van der Waals surface area contributed by atoms with Crippen LogP contribution in [-0.4, -0.2) is 38.3 Å². The zero-order chi connectivity index (χ0) is 23.3. The van der Waals surface area contributed by atoms with Crippen molar-refractivity contribution in [2.75, 3.05) is 19.0 Å². The Morgan fingerprint density at radius 2 is 2.03 bits per heavy atom. The van der Waals surface area contributed by atoms with Crippen LogP contribution in [0.2, 0.25) is 0 Å². The zero-order valence-electron chi connectivity index (χ0n) is 18.3. The molecule has 0 radical (unpaired) electrons. The van der Waals surface area contributed by atoms with E-state index in [9.17, 15) is 17.6 Å². The Balaban J connectivity index is 2.73. The van der Waals surface area contributed by atoms with Crippen LogP contribution in [-0.2, 0) is 19.4 Å². The molecule has 6 nitrogen and oxygen atoms in total. The topological polar surface area (TPSA) is 82.6 Å². The van der Waals surface area contributed by atoms with Crippen LogP contribution in [0.4, 0.5) is 4.39 Å². The molecule has 1 atom stereocenters. The lowest BCUT2D eigenvalue weighted by molar-refractivity contribution is -0.144. The molecule has 1 heterocycles. The molecule has 0 N–H and O–H groups in total. The molecule has 0 spiro atoms. The number of hydrogen-bond acceptors (Lipinski definition) is 6. The van der Waals surface area contributed by atoms with Crippen molar-refractivity contribution in [2.24, 2.45) is 5.92 Å². The summed E-state index contributed by atoms with van der Waals surface area (Å²) in [6.07, 6.45) is 8.40. The van der Waals surface area contributed by atoms with Crippen molar-refractivity contribution in [3.8, 4) is 5.75 Å². The highest BCUT2D eigenvalue weighted by Gasteiger charge is 2.21. The number of unbranched alkanes of at least 4 members (excludes halogenated alkanes) is 1. The van der Waals surface area contributed by atoms with Gasteiger partial charge in [0.25, 0.3) is 0 Å². The average molecular weight is 454 g/mol. The number of allylic oxidation sites excluding steroid dienone is 2. The molecule has 0 fully saturated rings. The summed E-state index contributed by atoms with van der Waals surface area (Å²) in [6.45, 7) is 11.7. The van der Waals surface area contributed by atoms with E-state index in [1.165, 1.54) is 0 Å².